The molecular weight excluding hydrogens is 224 g/mol. The molecule has 0 amide bonds. The van der Waals surface area contributed by atoms with Gasteiger partial charge in [0.15, 0.2) is 5.78 Å². The Morgan fingerprint density at radius 3 is 2.50 bits per heavy atom. The van der Waals surface area contributed by atoms with Gasteiger partial charge in [0.25, 0.3) is 0 Å². The lowest BCUT2D eigenvalue weighted by atomic mass is 9.82. The summed E-state index contributed by atoms with van der Waals surface area (Å²) in [6, 6.07) is 2.02. The molecule has 1 atom stereocenters. The molecule has 0 spiro atoms. The molecule has 1 heterocycles. The predicted molar refractivity (Wildman–Crippen MR) is 73.7 cm³/mol. The van der Waals surface area contributed by atoms with Crippen molar-refractivity contribution in [1.82, 2.24) is 0 Å². The molecular formula is C16H22O2. The average molecular weight is 246 g/mol. The number of ether oxygens (including phenoxy) is 1. The highest BCUT2D eigenvalue weighted by Crippen LogP contribution is 2.42. The van der Waals surface area contributed by atoms with Crippen molar-refractivity contribution in [2.75, 3.05) is 0 Å². The third kappa shape index (κ3) is 2.05. The molecule has 1 aliphatic rings. The summed E-state index contributed by atoms with van der Waals surface area (Å²) in [5.74, 6) is 1.15. The number of carbonyl (C=O) groups is 1. The second-order valence-electron chi connectivity index (χ2n) is 6.34. The lowest BCUT2D eigenvalue weighted by Gasteiger charge is -2.24. The second-order valence-corrected chi connectivity index (χ2v) is 6.34. The minimum absolute atomic E-state index is 0.00789. The van der Waals surface area contributed by atoms with Crippen LogP contribution in [0.25, 0.3) is 0 Å². The Morgan fingerprint density at radius 2 is 2.00 bits per heavy atom. The van der Waals surface area contributed by atoms with Crippen molar-refractivity contribution < 1.29 is 9.53 Å². The minimum atomic E-state index is -0.00789. The molecule has 0 N–H and O–H groups in total. The van der Waals surface area contributed by atoms with Gasteiger partial charge in [-0.05, 0) is 37.8 Å². The summed E-state index contributed by atoms with van der Waals surface area (Å²) in [4.78, 5) is 11.8. The number of ketones is 1. The van der Waals surface area contributed by atoms with E-state index in [0.29, 0.717) is 0 Å². The van der Waals surface area contributed by atoms with Crippen molar-refractivity contribution in [2.45, 2.75) is 59.5 Å². The Balaban J connectivity index is 2.73. The van der Waals surface area contributed by atoms with Gasteiger partial charge in [-0.2, -0.15) is 0 Å². The predicted octanol–water partition coefficient (Wildman–Crippen LogP) is 3.82. The van der Waals surface area contributed by atoms with Crippen molar-refractivity contribution in [3.05, 3.63) is 28.3 Å². The van der Waals surface area contributed by atoms with Gasteiger partial charge in [0.2, 0.25) is 0 Å². The third-order valence-corrected chi connectivity index (χ3v) is 3.66. The van der Waals surface area contributed by atoms with E-state index in [0.717, 1.165) is 28.9 Å². The summed E-state index contributed by atoms with van der Waals surface area (Å²) in [5.41, 5.74) is 4.30. The maximum absolute atomic E-state index is 11.8. The molecule has 0 bridgehead atoms. The van der Waals surface area contributed by atoms with E-state index >= 15 is 0 Å². The minimum Gasteiger partial charge on any atom is -0.490 e. The summed E-state index contributed by atoms with van der Waals surface area (Å²) in [5, 5.41) is 0. The molecule has 1 unspecified atom stereocenters. The number of fused-ring (bicyclic) bond motifs is 1. The van der Waals surface area contributed by atoms with Gasteiger partial charge in [0.1, 0.15) is 11.9 Å². The van der Waals surface area contributed by atoms with Gasteiger partial charge in [-0.1, -0.05) is 20.8 Å². The van der Waals surface area contributed by atoms with Crippen LogP contribution < -0.4 is 4.74 Å². The molecule has 1 aliphatic heterocycles. The van der Waals surface area contributed by atoms with Gasteiger partial charge in [0.05, 0.1) is 0 Å². The molecule has 2 nitrogen and oxygen atoms in total. The highest BCUT2D eigenvalue weighted by Gasteiger charge is 2.31. The molecule has 0 aromatic heterocycles. The standard InChI is InChI=1S/C16H22O2/c1-9-7-13-10(2)12(11(3)17)8-14(15(13)18-9)16(4,5)6/h8-9H,7H2,1-6H3. The van der Waals surface area contributed by atoms with Crippen molar-refractivity contribution in [1.29, 1.82) is 0 Å². The van der Waals surface area contributed by atoms with Crippen LogP contribution in [0.2, 0.25) is 0 Å². The van der Waals surface area contributed by atoms with Crippen LogP contribution in [-0.2, 0) is 11.8 Å². The van der Waals surface area contributed by atoms with E-state index in [1.165, 1.54) is 5.56 Å². The van der Waals surface area contributed by atoms with Gasteiger partial charge in [-0.25, -0.2) is 0 Å². The first-order valence-corrected chi connectivity index (χ1v) is 6.56. The lowest BCUT2D eigenvalue weighted by molar-refractivity contribution is 0.101. The molecule has 0 radical (unpaired) electrons. The van der Waals surface area contributed by atoms with Gasteiger partial charge in [0, 0.05) is 23.1 Å². The molecule has 0 saturated carbocycles. The van der Waals surface area contributed by atoms with Gasteiger partial charge in [-0.15, -0.1) is 0 Å². The third-order valence-electron chi connectivity index (χ3n) is 3.66. The summed E-state index contributed by atoms with van der Waals surface area (Å²) in [7, 11) is 0. The first kappa shape index (κ1) is 13.1. The largest absolute Gasteiger partial charge is 0.490 e. The summed E-state index contributed by atoms with van der Waals surface area (Å²) in [6.07, 6.45) is 1.12. The lowest BCUT2D eigenvalue weighted by Crippen LogP contribution is -2.15. The van der Waals surface area contributed by atoms with E-state index in [1.807, 2.05) is 13.0 Å². The Kier molecular flexibility index (Phi) is 3.00. The molecule has 0 aliphatic carbocycles. The number of rotatable bonds is 1. The smallest absolute Gasteiger partial charge is 0.160 e. The van der Waals surface area contributed by atoms with Crippen LogP contribution in [0.3, 0.4) is 0 Å². The first-order valence-electron chi connectivity index (χ1n) is 6.56. The number of hydrogen-bond donors (Lipinski definition) is 0. The highest BCUT2D eigenvalue weighted by molar-refractivity contribution is 5.96. The summed E-state index contributed by atoms with van der Waals surface area (Å²) < 4.78 is 5.97. The van der Waals surface area contributed by atoms with E-state index in [4.69, 9.17) is 4.74 Å². The maximum atomic E-state index is 11.8. The van der Waals surface area contributed by atoms with E-state index in [2.05, 4.69) is 27.7 Å². The van der Waals surface area contributed by atoms with Crippen molar-refractivity contribution >= 4 is 5.78 Å². The van der Waals surface area contributed by atoms with Gasteiger partial charge >= 0.3 is 0 Å². The number of hydrogen-bond acceptors (Lipinski definition) is 2. The van der Waals surface area contributed by atoms with Crippen molar-refractivity contribution in [2.24, 2.45) is 0 Å². The Morgan fingerprint density at radius 1 is 1.39 bits per heavy atom. The monoisotopic (exact) mass is 246 g/mol. The normalized spacial score (nSPS) is 18.4. The van der Waals surface area contributed by atoms with Crippen molar-refractivity contribution in [3.8, 4) is 5.75 Å². The Hall–Kier alpha value is -1.31. The number of Topliss-reactive ketones (excluding diaryl/α,β-unsaturated/α-hetero) is 1. The van der Waals surface area contributed by atoms with Crippen molar-refractivity contribution in [3.63, 3.8) is 0 Å². The van der Waals surface area contributed by atoms with E-state index < -0.39 is 0 Å². The van der Waals surface area contributed by atoms with Crippen LogP contribution in [0, 0.1) is 6.92 Å². The number of benzene rings is 1. The Labute approximate surface area is 109 Å². The second kappa shape index (κ2) is 4.11. The first-order chi connectivity index (χ1) is 8.21. The molecule has 2 rings (SSSR count). The number of carbonyl (C=O) groups excluding carboxylic acids is 1. The fourth-order valence-electron chi connectivity index (χ4n) is 2.65. The van der Waals surface area contributed by atoms with Crippen LogP contribution in [0.1, 0.15) is 61.7 Å². The fraction of sp³-hybridized carbons (Fsp3) is 0.562. The van der Waals surface area contributed by atoms with Crippen LogP contribution in [0.5, 0.6) is 5.75 Å². The molecule has 0 fully saturated rings. The van der Waals surface area contributed by atoms with Crippen LogP contribution >= 0.6 is 0 Å². The maximum Gasteiger partial charge on any atom is 0.160 e. The molecule has 1 aromatic carbocycles. The molecule has 2 heteroatoms. The fourth-order valence-corrected chi connectivity index (χ4v) is 2.65. The quantitative estimate of drug-likeness (QED) is 0.704. The van der Waals surface area contributed by atoms with Crippen LogP contribution in [0.15, 0.2) is 6.07 Å². The molecule has 98 valence electrons. The molecule has 0 saturated heterocycles. The zero-order valence-electron chi connectivity index (χ0n) is 12.2. The van der Waals surface area contributed by atoms with Gasteiger partial charge in [-0.3, -0.25) is 4.79 Å². The highest BCUT2D eigenvalue weighted by atomic mass is 16.5. The summed E-state index contributed by atoms with van der Waals surface area (Å²) in [6.45, 7) is 12.2. The average Bonchev–Trinajstić information content (AvgIpc) is 2.58. The van der Waals surface area contributed by atoms with E-state index in [9.17, 15) is 4.79 Å². The SMILES string of the molecule is CC(=O)c1cc(C(C)(C)C)c2c(c1C)CC(C)O2. The van der Waals surface area contributed by atoms with E-state index in [-0.39, 0.29) is 17.3 Å². The van der Waals surface area contributed by atoms with Gasteiger partial charge < -0.3 is 4.74 Å². The zero-order valence-corrected chi connectivity index (χ0v) is 12.2. The van der Waals surface area contributed by atoms with Crippen LogP contribution in [-0.4, -0.2) is 11.9 Å². The topological polar surface area (TPSA) is 26.3 Å². The summed E-state index contributed by atoms with van der Waals surface area (Å²) >= 11 is 0. The van der Waals surface area contributed by atoms with Crippen LogP contribution in [0.4, 0.5) is 0 Å². The zero-order chi connectivity index (χ0) is 13.7. The van der Waals surface area contributed by atoms with E-state index in [1.54, 1.807) is 6.92 Å². The molecule has 1 aromatic rings. The Bertz CT molecular complexity index is 507. The molecule has 18 heavy (non-hydrogen) atoms.